The molecule has 5 heteroatoms. The summed E-state index contributed by atoms with van der Waals surface area (Å²) < 4.78 is 6.97. The number of anilines is 3. The van der Waals surface area contributed by atoms with Gasteiger partial charge in [0.2, 0.25) is 0 Å². The maximum absolute atomic E-state index is 6.97. The Bertz CT molecular complexity index is 2520. The lowest BCUT2D eigenvalue weighted by molar-refractivity contribution is 0.341. The van der Waals surface area contributed by atoms with Gasteiger partial charge >= 0.3 is 0 Å². The van der Waals surface area contributed by atoms with Crippen LogP contribution in [0.5, 0.6) is 11.5 Å². The quantitative estimate of drug-likeness (QED) is 0.177. The van der Waals surface area contributed by atoms with Gasteiger partial charge in [-0.3, -0.25) is 9.89 Å². The highest BCUT2D eigenvalue weighted by Gasteiger charge is 2.44. The number of aromatic nitrogens is 1. The van der Waals surface area contributed by atoms with Crippen LogP contribution in [0.1, 0.15) is 118 Å². The Kier molecular flexibility index (Phi) is 8.32. The van der Waals surface area contributed by atoms with Crippen LogP contribution in [0.4, 0.5) is 17.2 Å². The maximum Gasteiger partial charge on any atom is 0.141 e. The Morgan fingerprint density at radius 3 is 2.20 bits per heavy atom. The average Bonchev–Trinajstić information content (AvgIpc) is 3.72. The van der Waals surface area contributed by atoms with E-state index in [9.17, 15) is 0 Å². The Balaban J connectivity index is 1.14. The zero-order valence-electron chi connectivity index (χ0n) is 34.2. The summed E-state index contributed by atoms with van der Waals surface area (Å²) in [5, 5.41) is 0. The van der Waals surface area contributed by atoms with E-state index in [1.807, 2.05) is 6.20 Å². The van der Waals surface area contributed by atoms with Gasteiger partial charge in [-0.2, -0.15) is 0 Å². The number of aryl methyl sites for hydroxylation is 1. The highest BCUT2D eigenvalue weighted by atomic mass is 16.5. The minimum absolute atomic E-state index is 0.00482. The zero-order chi connectivity index (χ0) is 39.1. The second-order valence-electron chi connectivity index (χ2n) is 18.5. The predicted molar refractivity (Wildman–Crippen MR) is 230 cm³/mol. The van der Waals surface area contributed by atoms with Crippen molar-refractivity contribution in [3.8, 4) is 11.5 Å². The van der Waals surface area contributed by atoms with Gasteiger partial charge in [-0.25, -0.2) is 4.98 Å². The van der Waals surface area contributed by atoms with Crippen LogP contribution in [0.3, 0.4) is 0 Å². The highest BCUT2D eigenvalue weighted by molar-refractivity contribution is 6.01. The van der Waals surface area contributed by atoms with Crippen LogP contribution in [-0.4, -0.2) is 15.7 Å². The van der Waals surface area contributed by atoms with Crippen molar-refractivity contribution in [2.45, 2.75) is 97.2 Å². The molecule has 9 rings (SSSR count). The van der Waals surface area contributed by atoms with Crippen molar-refractivity contribution in [1.29, 1.82) is 0 Å². The molecule has 4 heterocycles. The van der Waals surface area contributed by atoms with Gasteiger partial charge < -0.3 is 9.64 Å². The molecule has 0 aliphatic carbocycles. The fourth-order valence-corrected chi connectivity index (χ4v) is 8.94. The summed E-state index contributed by atoms with van der Waals surface area (Å²) in [6.45, 7) is 21.3. The molecule has 6 aromatic rings. The molecular weight excluding hydrogens is 685 g/mol. The van der Waals surface area contributed by atoms with Crippen LogP contribution in [0.15, 0.2) is 133 Å². The third-order valence-electron chi connectivity index (χ3n) is 12.0. The first-order chi connectivity index (χ1) is 26.7. The van der Waals surface area contributed by atoms with E-state index in [1.54, 1.807) is 0 Å². The molecule has 0 unspecified atom stereocenters. The van der Waals surface area contributed by atoms with Crippen molar-refractivity contribution in [3.63, 3.8) is 0 Å². The Labute approximate surface area is 332 Å². The Morgan fingerprint density at radius 2 is 1.43 bits per heavy atom. The number of aliphatic imine (C=N–C) groups is 1. The van der Waals surface area contributed by atoms with Crippen LogP contribution in [0.2, 0.25) is 0 Å². The average molecular weight is 737 g/mol. The maximum atomic E-state index is 6.97. The van der Waals surface area contributed by atoms with Gasteiger partial charge in [-0.15, -0.1) is 0 Å². The van der Waals surface area contributed by atoms with E-state index >= 15 is 0 Å². The Morgan fingerprint density at radius 1 is 0.696 bits per heavy atom. The smallest absolute Gasteiger partial charge is 0.141 e. The van der Waals surface area contributed by atoms with Crippen molar-refractivity contribution in [1.82, 2.24) is 9.88 Å². The van der Waals surface area contributed by atoms with E-state index in [4.69, 9.17) is 14.7 Å². The number of hydrogen-bond donors (Lipinski definition) is 0. The van der Waals surface area contributed by atoms with Crippen LogP contribution >= 0.6 is 0 Å². The third-order valence-corrected chi connectivity index (χ3v) is 12.0. The number of hydrogen-bond acceptors (Lipinski definition) is 5. The number of rotatable bonds is 5. The summed E-state index contributed by atoms with van der Waals surface area (Å²) >= 11 is 0. The second kappa shape index (κ2) is 12.9. The summed E-state index contributed by atoms with van der Waals surface area (Å²) in [7, 11) is 0. The SMILES string of the molecule is Cc1cc(Oc2cc(C3=N[C@H](c4ccccc4)[C@@H]4c5ccccc5CN34)cc(C(C)(C)C)c2)cc(N2c3ccc(C(C)(C)C)cc3C(C)(C)c3cccnc32)c1. The number of amidine groups is 1. The summed E-state index contributed by atoms with van der Waals surface area (Å²) in [4.78, 5) is 15.4. The van der Waals surface area contributed by atoms with Crippen molar-refractivity contribution in [2.24, 2.45) is 4.99 Å². The monoisotopic (exact) mass is 736 g/mol. The molecule has 0 spiro atoms. The summed E-state index contributed by atoms with van der Waals surface area (Å²) in [6, 6.07) is 44.3. The molecule has 0 saturated heterocycles. The van der Waals surface area contributed by atoms with E-state index < -0.39 is 0 Å². The van der Waals surface area contributed by atoms with Gasteiger partial charge in [-0.1, -0.05) is 128 Å². The van der Waals surface area contributed by atoms with Gasteiger partial charge in [0, 0.05) is 35.3 Å². The zero-order valence-corrected chi connectivity index (χ0v) is 34.2. The van der Waals surface area contributed by atoms with Crippen LogP contribution in [0, 0.1) is 6.92 Å². The number of ether oxygens (including phenoxy) is 1. The van der Waals surface area contributed by atoms with Crippen LogP contribution in [-0.2, 0) is 22.8 Å². The lowest BCUT2D eigenvalue weighted by Crippen LogP contribution is -2.32. The van der Waals surface area contributed by atoms with Crippen LogP contribution < -0.4 is 9.64 Å². The molecule has 5 aromatic carbocycles. The first-order valence-corrected chi connectivity index (χ1v) is 20.0. The molecule has 5 nitrogen and oxygen atoms in total. The Hall–Kier alpha value is -5.68. The van der Waals surface area contributed by atoms with E-state index in [1.165, 1.54) is 38.9 Å². The molecule has 2 atom stereocenters. The molecule has 56 heavy (non-hydrogen) atoms. The molecule has 0 fully saturated rings. The van der Waals surface area contributed by atoms with E-state index in [0.29, 0.717) is 0 Å². The molecule has 0 saturated carbocycles. The molecule has 0 bridgehead atoms. The van der Waals surface area contributed by atoms with Crippen molar-refractivity contribution < 1.29 is 4.74 Å². The topological polar surface area (TPSA) is 41.0 Å². The molecule has 3 aliphatic heterocycles. The number of fused-ring (bicyclic) bond motifs is 5. The fraction of sp³-hybridized carbons (Fsp3) is 0.294. The largest absolute Gasteiger partial charge is 0.457 e. The molecule has 3 aliphatic rings. The van der Waals surface area contributed by atoms with Gasteiger partial charge in [-0.05, 0) is 99.2 Å². The van der Waals surface area contributed by atoms with Gasteiger partial charge in [0.25, 0.3) is 0 Å². The highest BCUT2D eigenvalue weighted by Crippen LogP contribution is 2.53. The summed E-state index contributed by atoms with van der Waals surface area (Å²) in [5.41, 5.74) is 13.1. The molecular formula is C51H52N4O. The van der Waals surface area contributed by atoms with Crippen molar-refractivity contribution in [3.05, 3.63) is 178 Å². The normalized spacial score (nSPS) is 18.2. The first-order valence-electron chi connectivity index (χ1n) is 20.0. The number of pyridine rings is 1. The van der Waals surface area contributed by atoms with Crippen LogP contribution in [0.25, 0.3) is 0 Å². The molecule has 282 valence electrons. The number of nitrogens with zero attached hydrogens (tertiary/aromatic N) is 4. The van der Waals surface area contributed by atoms with Gasteiger partial charge in [0.05, 0.1) is 17.4 Å². The molecule has 1 aromatic heterocycles. The van der Waals surface area contributed by atoms with Gasteiger partial charge in [0.15, 0.2) is 0 Å². The van der Waals surface area contributed by atoms with Crippen molar-refractivity contribution >= 4 is 23.0 Å². The summed E-state index contributed by atoms with van der Waals surface area (Å²) in [5.74, 6) is 3.56. The first kappa shape index (κ1) is 36.0. The van der Waals surface area contributed by atoms with Gasteiger partial charge in [0.1, 0.15) is 29.2 Å². The second-order valence-corrected chi connectivity index (χ2v) is 18.5. The summed E-state index contributed by atoms with van der Waals surface area (Å²) in [6.07, 6.45) is 1.90. The van der Waals surface area contributed by atoms with E-state index in [-0.39, 0.29) is 28.3 Å². The third kappa shape index (κ3) is 6.09. The van der Waals surface area contributed by atoms with Crippen molar-refractivity contribution in [2.75, 3.05) is 4.90 Å². The number of benzene rings is 5. The standard InChI is InChI=1S/C51H52N4O/c1-32-24-38(55-44-22-21-36(49(2,3)4)29-43(44)51(8,9)42-20-15-23-52-48(42)55)30-39(25-32)56-40-27-35(26-37(28-40)50(5,6)7)47-53-45(33-16-11-10-12-17-33)46-41-19-14-13-18-34(41)31-54(46)47/h10-30,45-46H,31H2,1-9H3/t45-,46+/m1/s1. The van der Waals surface area contributed by atoms with E-state index in [0.717, 1.165) is 52.2 Å². The predicted octanol–water partition coefficient (Wildman–Crippen LogP) is 12.9. The lowest BCUT2D eigenvalue weighted by Gasteiger charge is -2.41. The molecule has 0 amide bonds. The molecule has 0 N–H and O–H groups in total. The molecule has 0 radical (unpaired) electrons. The van der Waals surface area contributed by atoms with E-state index in [2.05, 4.69) is 193 Å². The fourth-order valence-electron chi connectivity index (χ4n) is 8.94. The minimum Gasteiger partial charge on any atom is -0.457 e. The lowest BCUT2D eigenvalue weighted by atomic mass is 9.72. The minimum atomic E-state index is -0.220.